The SMILES string of the molecule is CCCCCCCCCCc1ccccc1OC(=O)OCCCCCC. The molecular weight excluding hydrogens is 324 g/mol. The molecule has 0 saturated carbocycles. The van der Waals surface area contributed by atoms with Gasteiger partial charge >= 0.3 is 6.16 Å². The Kier molecular flexibility index (Phi) is 13.6. The van der Waals surface area contributed by atoms with E-state index in [1.165, 1.54) is 57.8 Å². The monoisotopic (exact) mass is 362 g/mol. The van der Waals surface area contributed by atoms with E-state index in [2.05, 4.69) is 13.8 Å². The topological polar surface area (TPSA) is 35.5 Å². The van der Waals surface area contributed by atoms with Gasteiger partial charge in [0.1, 0.15) is 5.75 Å². The van der Waals surface area contributed by atoms with Crippen LogP contribution in [0.4, 0.5) is 4.79 Å². The molecule has 0 amide bonds. The lowest BCUT2D eigenvalue weighted by Crippen LogP contribution is -2.12. The second-order valence-corrected chi connectivity index (χ2v) is 7.09. The Balaban J connectivity index is 2.23. The van der Waals surface area contributed by atoms with Crippen molar-refractivity contribution in [2.24, 2.45) is 0 Å². The fraction of sp³-hybridized carbons (Fsp3) is 0.696. The Labute approximate surface area is 160 Å². The summed E-state index contributed by atoms with van der Waals surface area (Å²) in [6.45, 7) is 4.86. The molecule has 1 rings (SSSR count). The van der Waals surface area contributed by atoms with Crippen LogP contribution < -0.4 is 4.74 Å². The van der Waals surface area contributed by atoms with Gasteiger partial charge in [-0.15, -0.1) is 0 Å². The Morgan fingerprint density at radius 1 is 0.769 bits per heavy atom. The number of unbranched alkanes of at least 4 members (excludes halogenated alkanes) is 10. The van der Waals surface area contributed by atoms with Crippen molar-refractivity contribution in [3.8, 4) is 5.75 Å². The average molecular weight is 363 g/mol. The first-order valence-electron chi connectivity index (χ1n) is 10.7. The first kappa shape index (κ1) is 22.5. The van der Waals surface area contributed by atoms with Gasteiger partial charge in [0.15, 0.2) is 0 Å². The van der Waals surface area contributed by atoms with E-state index in [4.69, 9.17) is 9.47 Å². The Hall–Kier alpha value is -1.51. The summed E-state index contributed by atoms with van der Waals surface area (Å²) in [5.41, 5.74) is 1.10. The summed E-state index contributed by atoms with van der Waals surface area (Å²) in [5.74, 6) is 0.647. The van der Waals surface area contributed by atoms with Crippen LogP contribution in [0.1, 0.15) is 96.5 Å². The number of benzene rings is 1. The van der Waals surface area contributed by atoms with Crippen LogP contribution in [0.5, 0.6) is 5.75 Å². The van der Waals surface area contributed by atoms with Crippen LogP contribution >= 0.6 is 0 Å². The molecule has 3 nitrogen and oxygen atoms in total. The molecule has 0 bridgehead atoms. The minimum absolute atomic E-state index is 0.443. The zero-order valence-electron chi connectivity index (χ0n) is 16.9. The van der Waals surface area contributed by atoms with Crippen LogP contribution in [0, 0.1) is 0 Å². The largest absolute Gasteiger partial charge is 0.513 e. The molecule has 0 spiro atoms. The standard InChI is InChI=1S/C23H38O3/c1-3-5-7-9-10-11-12-13-17-21-18-14-15-19-22(21)26-23(24)25-20-16-8-6-4-2/h14-15,18-19H,3-13,16-17,20H2,1-2H3. The van der Waals surface area contributed by atoms with Gasteiger partial charge in [0, 0.05) is 0 Å². The van der Waals surface area contributed by atoms with E-state index in [9.17, 15) is 4.79 Å². The minimum atomic E-state index is -0.579. The number of carbonyl (C=O) groups excluding carboxylic acids is 1. The zero-order valence-corrected chi connectivity index (χ0v) is 16.9. The first-order chi connectivity index (χ1) is 12.8. The average Bonchev–Trinajstić information content (AvgIpc) is 2.65. The lowest BCUT2D eigenvalue weighted by molar-refractivity contribution is 0.0970. The molecule has 0 atom stereocenters. The normalized spacial score (nSPS) is 10.7. The van der Waals surface area contributed by atoms with Crippen LogP contribution in [0.15, 0.2) is 24.3 Å². The van der Waals surface area contributed by atoms with Crippen molar-refractivity contribution < 1.29 is 14.3 Å². The van der Waals surface area contributed by atoms with Gasteiger partial charge in [0.25, 0.3) is 0 Å². The van der Waals surface area contributed by atoms with Gasteiger partial charge in [0.2, 0.25) is 0 Å². The second kappa shape index (κ2) is 15.7. The van der Waals surface area contributed by atoms with Gasteiger partial charge < -0.3 is 9.47 Å². The molecule has 0 N–H and O–H groups in total. The summed E-state index contributed by atoms with van der Waals surface area (Å²) in [6.07, 6.45) is 15.1. The van der Waals surface area contributed by atoms with Crippen LogP contribution in [-0.4, -0.2) is 12.8 Å². The fourth-order valence-electron chi connectivity index (χ4n) is 3.06. The summed E-state index contributed by atoms with van der Waals surface area (Å²) in [4.78, 5) is 11.9. The van der Waals surface area contributed by atoms with E-state index in [1.807, 2.05) is 24.3 Å². The van der Waals surface area contributed by atoms with Crippen molar-refractivity contribution in [3.05, 3.63) is 29.8 Å². The van der Waals surface area contributed by atoms with E-state index in [-0.39, 0.29) is 0 Å². The first-order valence-corrected chi connectivity index (χ1v) is 10.7. The van der Waals surface area contributed by atoms with Crippen LogP contribution in [0.25, 0.3) is 0 Å². The highest BCUT2D eigenvalue weighted by molar-refractivity contribution is 5.64. The fourth-order valence-corrected chi connectivity index (χ4v) is 3.06. The Morgan fingerprint density at radius 2 is 1.35 bits per heavy atom. The molecule has 3 heteroatoms. The third-order valence-corrected chi connectivity index (χ3v) is 4.68. The number of ether oxygens (including phenoxy) is 2. The number of carbonyl (C=O) groups is 1. The van der Waals surface area contributed by atoms with E-state index >= 15 is 0 Å². The highest BCUT2D eigenvalue weighted by Crippen LogP contribution is 2.21. The molecular formula is C23H38O3. The van der Waals surface area contributed by atoms with Gasteiger partial charge in [-0.25, -0.2) is 4.79 Å². The predicted molar refractivity (Wildman–Crippen MR) is 109 cm³/mol. The van der Waals surface area contributed by atoms with Crippen molar-refractivity contribution in [2.45, 2.75) is 97.3 Å². The van der Waals surface area contributed by atoms with Gasteiger partial charge in [-0.1, -0.05) is 96.3 Å². The Bertz CT molecular complexity index is 470. The predicted octanol–water partition coefficient (Wildman–Crippen LogP) is 7.47. The van der Waals surface area contributed by atoms with Crippen molar-refractivity contribution in [1.82, 2.24) is 0 Å². The molecule has 0 fully saturated rings. The molecule has 0 heterocycles. The quantitative estimate of drug-likeness (QED) is 0.184. The summed E-state index contributed by atoms with van der Waals surface area (Å²) < 4.78 is 10.6. The second-order valence-electron chi connectivity index (χ2n) is 7.09. The molecule has 0 saturated heterocycles. The smallest absolute Gasteiger partial charge is 0.434 e. The van der Waals surface area contributed by atoms with E-state index in [1.54, 1.807) is 0 Å². The lowest BCUT2D eigenvalue weighted by Gasteiger charge is -2.10. The molecule has 0 aliphatic heterocycles. The van der Waals surface area contributed by atoms with Gasteiger partial charge in [-0.2, -0.15) is 0 Å². The van der Waals surface area contributed by atoms with Crippen molar-refractivity contribution in [1.29, 1.82) is 0 Å². The van der Waals surface area contributed by atoms with Crippen LogP contribution in [0.3, 0.4) is 0 Å². The number of hydrogen-bond acceptors (Lipinski definition) is 3. The van der Waals surface area contributed by atoms with Crippen molar-refractivity contribution >= 4 is 6.16 Å². The number of rotatable bonds is 15. The lowest BCUT2D eigenvalue weighted by atomic mass is 10.0. The van der Waals surface area contributed by atoms with Crippen LogP contribution in [0.2, 0.25) is 0 Å². The van der Waals surface area contributed by atoms with E-state index in [0.29, 0.717) is 12.4 Å². The molecule has 0 unspecified atom stereocenters. The maximum Gasteiger partial charge on any atom is 0.513 e. The van der Waals surface area contributed by atoms with E-state index < -0.39 is 6.16 Å². The van der Waals surface area contributed by atoms with Crippen molar-refractivity contribution in [2.75, 3.05) is 6.61 Å². The molecule has 0 aromatic heterocycles. The summed E-state index contributed by atoms with van der Waals surface area (Å²) in [7, 11) is 0. The molecule has 0 radical (unpaired) electrons. The molecule has 26 heavy (non-hydrogen) atoms. The number of hydrogen-bond donors (Lipinski definition) is 0. The summed E-state index contributed by atoms with van der Waals surface area (Å²) in [5, 5.41) is 0. The highest BCUT2D eigenvalue weighted by atomic mass is 16.7. The van der Waals surface area contributed by atoms with Gasteiger partial charge in [-0.05, 0) is 30.9 Å². The summed E-state index contributed by atoms with van der Waals surface area (Å²) in [6, 6.07) is 7.81. The van der Waals surface area contributed by atoms with E-state index in [0.717, 1.165) is 31.2 Å². The highest BCUT2D eigenvalue weighted by Gasteiger charge is 2.09. The minimum Gasteiger partial charge on any atom is -0.434 e. The third kappa shape index (κ3) is 11.2. The Morgan fingerprint density at radius 3 is 2.04 bits per heavy atom. The molecule has 148 valence electrons. The van der Waals surface area contributed by atoms with Crippen LogP contribution in [-0.2, 0) is 11.2 Å². The summed E-state index contributed by atoms with van der Waals surface area (Å²) >= 11 is 0. The zero-order chi connectivity index (χ0) is 18.9. The maximum atomic E-state index is 11.9. The molecule has 0 aliphatic rings. The third-order valence-electron chi connectivity index (χ3n) is 4.68. The number of aryl methyl sites for hydroxylation is 1. The van der Waals surface area contributed by atoms with Gasteiger partial charge in [0.05, 0.1) is 6.61 Å². The van der Waals surface area contributed by atoms with Gasteiger partial charge in [-0.3, -0.25) is 0 Å². The van der Waals surface area contributed by atoms with Crippen molar-refractivity contribution in [3.63, 3.8) is 0 Å². The molecule has 1 aromatic rings. The maximum absolute atomic E-state index is 11.9. The number of para-hydroxylation sites is 1. The molecule has 1 aromatic carbocycles. The molecule has 0 aliphatic carbocycles.